The number of rotatable bonds is 3. The highest BCUT2D eigenvalue weighted by molar-refractivity contribution is 6.04. The summed E-state index contributed by atoms with van der Waals surface area (Å²) in [5, 5.41) is 12.2. The number of carbonyl (C=O) groups is 2. The van der Waals surface area contributed by atoms with Crippen molar-refractivity contribution in [2.45, 2.75) is 37.8 Å². The van der Waals surface area contributed by atoms with Gasteiger partial charge in [-0.15, -0.1) is 0 Å². The fourth-order valence-corrected chi connectivity index (χ4v) is 3.53. The van der Waals surface area contributed by atoms with E-state index in [-0.39, 0.29) is 23.1 Å². The topological polar surface area (TPSA) is 69.6 Å². The molecular weight excluding hydrogens is 268 g/mol. The minimum Gasteiger partial charge on any atom is -0.478 e. The van der Waals surface area contributed by atoms with Crippen LogP contribution in [0.5, 0.6) is 0 Å². The Bertz CT molecular complexity index is 558. The number of nitrogens with zero attached hydrogens (tertiary/aromatic N) is 1. The molecule has 0 saturated carbocycles. The second kappa shape index (κ2) is 5.85. The van der Waals surface area contributed by atoms with Gasteiger partial charge >= 0.3 is 5.97 Å². The molecular formula is C16H20N2O3. The molecule has 2 aliphatic heterocycles. The minimum absolute atomic E-state index is 0.0634. The number of hydrogen-bond donors (Lipinski definition) is 2. The summed E-state index contributed by atoms with van der Waals surface area (Å²) in [7, 11) is 0. The molecule has 2 fully saturated rings. The monoisotopic (exact) mass is 288 g/mol. The molecule has 2 unspecified atom stereocenters. The molecule has 5 nitrogen and oxygen atoms in total. The van der Waals surface area contributed by atoms with Crippen LogP contribution in [-0.4, -0.2) is 47.1 Å². The molecule has 0 spiro atoms. The Morgan fingerprint density at radius 3 is 2.62 bits per heavy atom. The number of fused-ring (bicyclic) bond motifs is 1. The molecule has 3 rings (SSSR count). The van der Waals surface area contributed by atoms with E-state index >= 15 is 0 Å². The van der Waals surface area contributed by atoms with Gasteiger partial charge in [-0.1, -0.05) is 18.6 Å². The first-order chi connectivity index (χ1) is 10.2. The molecule has 21 heavy (non-hydrogen) atoms. The van der Waals surface area contributed by atoms with E-state index in [0.717, 1.165) is 25.9 Å². The summed E-state index contributed by atoms with van der Waals surface area (Å²) in [6.07, 6.45) is 4.51. The summed E-state index contributed by atoms with van der Waals surface area (Å²) >= 11 is 0. The normalized spacial score (nSPS) is 25.3. The minimum atomic E-state index is -1.06. The number of carboxylic acid groups (broad SMARTS) is 1. The summed E-state index contributed by atoms with van der Waals surface area (Å²) in [4.78, 5) is 26.1. The van der Waals surface area contributed by atoms with Crippen LogP contribution >= 0.6 is 0 Å². The highest BCUT2D eigenvalue weighted by Gasteiger charge is 2.36. The molecule has 112 valence electrons. The lowest BCUT2D eigenvalue weighted by Crippen LogP contribution is -2.47. The fourth-order valence-electron chi connectivity index (χ4n) is 3.53. The molecule has 1 aromatic carbocycles. The van der Waals surface area contributed by atoms with E-state index in [9.17, 15) is 14.7 Å². The van der Waals surface area contributed by atoms with Crippen LogP contribution in [0.3, 0.4) is 0 Å². The second-order valence-corrected chi connectivity index (χ2v) is 5.82. The molecule has 2 N–H and O–H groups in total. The van der Waals surface area contributed by atoms with E-state index in [0.29, 0.717) is 6.04 Å². The number of benzene rings is 1. The van der Waals surface area contributed by atoms with Crippen LogP contribution in [0.15, 0.2) is 24.3 Å². The Balaban J connectivity index is 1.73. The van der Waals surface area contributed by atoms with E-state index in [1.165, 1.54) is 18.9 Å². The zero-order valence-corrected chi connectivity index (χ0v) is 11.9. The van der Waals surface area contributed by atoms with Gasteiger partial charge in [0.1, 0.15) is 0 Å². The first kappa shape index (κ1) is 14.1. The summed E-state index contributed by atoms with van der Waals surface area (Å²) in [6, 6.07) is 6.94. The van der Waals surface area contributed by atoms with Gasteiger partial charge in [0.05, 0.1) is 11.1 Å². The summed E-state index contributed by atoms with van der Waals surface area (Å²) in [6.45, 7) is 2.14. The van der Waals surface area contributed by atoms with E-state index in [1.54, 1.807) is 18.2 Å². The predicted molar refractivity (Wildman–Crippen MR) is 78.5 cm³/mol. The number of aromatic carboxylic acids is 1. The van der Waals surface area contributed by atoms with E-state index in [1.807, 2.05) is 0 Å². The van der Waals surface area contributed by atoms with Crippen molar-refractivity contribution in [3.8, 4) is 0 Å². The van der Waals surface area contributed by atoms with Crippen LogP contribution < -0.4 is 5.32 Å². The van der Waals surface area contributed by atoms with Crippen LogP contribution in [0.4, 0.5) is 0 Å². The summed E-state index contributed by atoms with van der Waals surface area (Å²) < 4.78 is 0. The van der Waals surface area contributed by atoms with Crippen molar-refractivity contribution in [3.05, 3.63) is 35.4 Å². The van der Waals surface area contributed by atoms with Crippen LogP contribution in [0.2, 0.25) is 0 Å². The van der Waals surface area contributed by atoms with Gasteiger partial charge in [0.15, 0.2) is 0 Å². The first-order valence-corrected chi connectivity index (χ1v) is 7.54. The molecule has 1 amide bonds. The van der Waals surface area contributed by atoms with E-state index < -0.39 is 5.97 Å². The lowest BCUT2D eigenvalue weighted by Gasteiger charge is -2.32. The summed E-state index contributed by atoms with van der Waals surface area (Å²) in [5.74, 6) is -1.34. The van der Waals surface area contributed by atoms with Crippen LogP contribution in [0.1, 0.15) is 46.4 Å². The van der Waals surface area contributed by atoms with E-state index in [4.69, 9.17) is 0 Å². The molecule has 2 atom stereocenters. The molecule has 2 heterocycles. The number of amides is 1. The predicted octanol–water partition coefficient (Wildman–Crippen LogP) is 1.74. The van der Waals surface area contributed by atoms with Crippen LogP contribution in [0.25, 0.3) is 0 Å². The van der Waals surface area contributed by atoms with Gasteiger partial charge < -0.3 is 10.4 Å². The molecule has 5 heteroatoms. The second-order valence-electron chi connectivity index (χ2n) is 5.82. The van der Waals surface area contributed by atoms with Gasteiger partial charge in [-0.25, -0.2) is 4.79 Å². The van der Waals surface area contributed by atoms with Crippen molar-refractivity contribution in [2.75, 3.05) is 13.1 Å². The van der Waals surface area contributed by atoms with E-state index in [2.05, 4.69) is 10.2 Å². The maximum Gasteiger partial charge on any atom is 0.336 e. The van der Waals surface area contributed by atoms with Crippen molar-refractivity contribution >= 4 is 11.9 Å². The van der Waals surface area contributed by atoms with Gasteiger partial charge in [0, 0.05) is 18.6 Å². The Hall–Kier alpha value is -1.88. The smallest absolute Gasteiger partial charge is 0.336 e. The zero-order chi connectivity index (χ0) is 14.8. The van der Waals surface area contributed by atoms with Crippen molar-refractivity contribution < 1.29 is 14.7 Å². The molecule has 0 aromatic heterocycles. The van der Waals surface area contributed by atoms with Gasteiger partial charge in [0.2, 0.25) is 0 Å². The average molecular weight is 288 g/mol. The molecule has 2 aliphatic rings. The Morgan fingerprint density at radius 2 is 1.86 bits per heavy atom. The third kappa shape index (κ3) is 2.78. The third-order valence-electron chi connectivity index (χ3n) is 4.57. The summed E-state index contributed by atoms with van der Waals surface area (Å²) in [5.41, 5.74) is 0.313. The maximum atomic E-state index is 12.4. The van der Waals surface area contributed by atoms with Gasteiger partial charge in [-0.2, -0.15) is 0 Å². The van der Waals surface area contributed by atoms with Crippen LogP contribution in [0, 0.1) is 0 Å². The average Bonchev–Trinajstić information content (AvgIpc) is 2.90. The number of piperidine rings is 1. The molecule has 2 saturated heterocycles. The molecule has 0 aliphatic carbocycles. The molecule has 1 aromatic rings. The highest BCUT2D eigenvalue weighted by atomic mass is 16.4. The molecule has 0 radical (unpaired) electrons. The largest absolute Gasteiger partial charge is 0.478 e. The van der Waals surface area contributed by atoms with Crippen molar-refractivity contribution in [1.29, 1.82) is 0 Å². The lowest BCUT2D eigenvalue weighted by atomic mass is 9.98. The standard InChI is InChI=1S/C16H20N2O3/c19-15(11-5-1-2-6-12(11)16(20)21)17-13-8-10-18-9-4-3-7-14(13)18/h1-2,5-6,13-14H,3-4,7-10H2,(H,17,19)(H,20,21). The third-order valence-corrected chi connectivity index (χ3v) is 4.57. The van der Waals surface area contributed by atoms with Gasteiger partial charge in [-0.05, 0) is 37.9 Å². The highest BCUT2D eigenvalue weighted by Crippen LogP contribution is 2.27. The maximum absolute atomic E-state index is 12.4. The van der Waals surface area contributed by atoms with Gasteiger partial charge in [0.25, 0.3) is 5.91 Å². The SMILES string of the molecule is O=C(O)c1ccccc1C(=O)NC1CCN2CCCCC12. The molecule has 0 bridgehead atoms. The Labute approximate surface area is 123 Å². The van der Waals surface area contributed by atoms with Crippen LogP contribution in [-0.2, 0) is 0 Å². The quantitative estimate of drug-likeness (QED) is 0.889. The number of nitrogens with one attached hydrogen (secondary N) is 1. The first-order valence-electron chi connectivity index (χ1n) is 7.54. The fraction of sp³-hybridized carbons (Fsp3) is 0.500. The number of carboxylic acids is 1. The van der Waals surface area contributed by atoms with Crippen molar-refractivity contribution in [3.63, 3.8) is 0 Å². The number of carbonyl (C=O) groups excluding carboxylic acids is 1. The zero-order valence-electron chi connectivity index (χ0n) is 11.9. The Kier molecular flexibility index (Phi) is 3.92. The van der Waals surface area contributed by atoms with Crippen molar-refractivity contribution in [1.82, 2.24) is 10.2 Å². The lowest BCUT2D eigenvalue weighted by molar-refractivity contribution is 0.0690. The number of hydrogen-bond acceptors (Lipinski definition) is 3. The Morgan fingerprint density at radius 1 is 1.10 bits per heavy atom. The van der Waals surface area contributed by atoms with Crippen molar-refractivity contribution in [2.24, 2.45) is 0 Å². The van der Waals surface area contributed by atoms with Gasteiger partial charge in [-0.3, -0.25) is 9.69 Å².